The molecule has 0 spiro atoms. The Kier molecular flexibility index (Phi) is 1.52. The maximum atomic E-state index is 5.26. The molecule has 52 valence electrons. The average Bonchev–Trinajstić information content (AvgIpc) is 2.13. The van der Waals surface area contributed by atoms with Crippen molar-refractivity contribution in [3.63, 3.8) is 0 Å². The van der Waals surface area contributed by atoms with Crippen molar-refractivity contribution in [1.82, 2.24) is 0 Å². The zero-order chi connectivity index (χ0) is 6.91. The van der Waals surface area contributed by atoms with Gasteiger partial charge in [-0.1, -0.05) is 20.4 Å². The van der Waals surface area contributed by atoms with Gasteiger partial charge in [0.25, 0.3) is 0 Å². The van der Waals surface area contributed by atoms with Gasteiger partial charge in [-0.3, -0.25) is 0 Å². The molecule has 1 unspecified atom stereocenters. The Morgan fingerprint density at radius 2 is 2.44 bits per heavy atom. The second-order valence-corrected chi connectivity index (χ2v) is 3.17. The Bertz CT molecular complexity index is 129. The fraction of sp³-hybridized carbons (Fsp3) is 0.750. The zero-order valence-corrected chi connectivity index (χ0v) is 6.24. The molecule has 0 aliphatic carbocycles. The van der Waals surface area contributed by atoms with E-state index in [0.717, 1.165) is 18.8 Å². The Labute approximate surface area is 56.7 Å². The third-order valence-electron chi connectivity index (χ3n) is 2.10. The van der Waals surface area contributed by atoms with E-state index >= 15 is 0 Å². The number of allylic oxidation sites excluding steroid dienone is 1. The summed E-state index contributed by atoms with van der Waals surface area (Å²) in [7, 11) is 0. The quantitative estimate of drug-likeness (QED) is 0.524. The molecule has 1 aliphatic rings. The lowest BCUT2D eigenvalue weighted by Gasteiger charge is -2.16. The van der Waals surface area contributed by atoms with Crippen LogP contribution in [0, 0.1) is 5.41 Å². The third kappa shape index (κ3) is 1.26. The van der Waals surface area contributed by atoms with E-state index in [2.05, 4.69) is 20.4 Å². The molecule has 1 nitrogen and oxygen atoms in total. The summed E-state index contributed by atoms with van der Waals surface area (Å²) in [5, 5.41) is 0. The Balaban J connectivity index is 2.54. The van der Waals surface area contributed by atoms with E-state index in [0.29, 0.717) is 5.41 Å². The summed E-state index contributed by atoms with van der Waals surface area (Å²) < 4.78 is 5.26. The molecule has 1 saturated heterocycles. The monoisotopic (exact) mass is 126 g/mol. The maximum Gasteiger partial charge on any atom is 0.0934 e. The summed E-state index contributed by atoms with van der Waals surface area (Å²) in [6, 6.07) is 0. The van der Waals surface area contributed by atoms with E-state index < -0.39 is 0 Å². The molecule has 0 N–H and O–H groups in total. The standard InChI is InChI=1S/C8H14O/c1-4-8(3)5-7(2)9-6-8/h2,4-6H2,1,3H3. The molecule has 0 amide bonds. The van der Waals surface area contributed by atoms with E-state index in [1.807, 2.05) is 0 Å². The van der Waals surface area contributed by atoms with Gasteiger partial charge in [0.1, 0.15) is 0 Å². The van der Waals surface area contributed by atoms with Crippen molar-refractivity contribution in [3.8, 4) is 0 Å². The average molecular weight is 126 g/mol. The molecule has 1 atom stereocenters. The molecule has 0 aromatic heterocycles. The van der Waals surface area contributed by atoms with Crippen LogP contribution in [0.4, 0.5) is 0 Å². The number of ether oxygens (including phenoxy) is 1. The van der Waals surface area contributed by atoms with Crippen LogP contribution in [-0.4, -0.2) is 6.61 Å². The van der Waals surface area contributed by atoms with Crippen molar-refractivity contribution in [2.45, 2.75) is 26.7 Å². The molecule has 1 heteroatoms. The molecule has 9 heavy (non-hydrogen) atoms. The van der Waals surface area contributed by atoms with E-state index in [9.17, 15) is 0 Å². The molecular formula is C8H14O. The molecular weight excluding hydrogens is 112 g/mol. The summed E-state index contributed by atoms with van der Waals surface area (Å²) in [5.41, 5.74) is 0.386. The van der Waals surface area contributed by atoms with Crippen LogP contribution in [0.2, 0.25) is 0 Å². The highest BCUT2D eigenvalue weighted by Gasteiger charge is 2.30. The van der Waals surface area contributed by atoms with Crippen LogP contribution < -0.4 is 0 Å². The van der Waals surface area contributed by atoms with Crippen molar-refractivity contribution in [2.75, 3.05) is 6.61 Å². The predicted molar refractivity (Wildman–Crippen MR) is 38.1 cm³/mol. The first-order valence-electron chi connectivity index (χ1n) is 3.47. The highest BCUT2D eigenvalue weighted by molar-refractivity contribution is 4.97. The van der Waals surface area contributed by atoms with E-state index in [4.69, 9.17) is 4.74 Å². The lowest BCUT2D eigenvalue weighted by Crippen LogP contribution is -2.13. The van der Waals surface area contributed by atoms with Gasteiger partial charge in [-0.15, -0.1) is 0 Å². The van der Waals surface area contributed by atoms with Crippen LogP contribution in [0.15, 0.2) is 12.3 Å². The van der Waals surface area contributed by atoms with E-state index in [-0.39, 0.29) is 0 Å². The van der Waals surface area contributed by atoms with Crippen molar-refractivity contribution in [1.29, 1.82) is 0 Å². The normalized spacial score (nSPS) is 34.7. The van der Waals surface area contributed by atoms with Gasteiger partial charge in [0.2, 0.25) is 0 Å². The Morgan fingerprint density at radius 3 is 2.67 bits per heavy atom. The second kappa shape index (κ2) is 2.05. The van der Waals surface area contributed by atoms with Crippen LogP contribution in [0.3, 0.4) is 0 Å². The lowest BCUT2D eigenvalue weighted by molar-refractivity contribution is 0.191. The second-order valence-electron chi connectivity index (χ2n) is 3.17. The first-order valence-corrected chi connectivity index (χ1v) is 3.47. The Hall–Kier alpha value is -0.460. The number of hydrogen-bond acceptors (Lipinski definition) is 1. The molecule has 1 aliphatic heterocycles. The van der Waals surface area contributed by atoms with Gasteiger partial charge in [0, 0.05) is 11.8 Å². The van der Waals surface area contributed by atoms with Gasteiger partial charge in [0.05, 0.1) is 12.4 Å². The summed E-state index contributed by atoms with van der Waals surface area (Å²) >= 11 is 0. The van der Waals surface area contributed by atoms with Crippen LogP contribution in [0.1, 0.15) is 26.7 Å². The van der Waals surface area contributed by atoms with E-state index in [1.165, 1.54) is 6.42 Å². The third-order valence-corrected chi connectivity index (χ3v) is 2.10. The fourth-order valence-corrected chi connectivity index (χ4v) is 1.08. The maximum absolute atomic E-state index is 5.26. The SMILES string of the molecule is C=C1CC(C)(CC)CO1. The first kappa shape index (κ1) is 6.66. The van der Waals surface area contributed by atoms with Gasteiger partial charge in [-0.25, -0.2) is 0 Å². The molecule has 1 rings (SSSR count). The topological polar surface area (TPSA) is 9.23 Å². The zero-order valence-electron chi connectivity index (χ0n) is 6.24. The fourth-order valence-electron chi connectivity index (χ4n) is 1.08. The molecule has 0 radical (unpaired) electrons. The van der Waals surface area contributed by atoms with Gasteiger partial charge in [-0.05, 0) is 6.42 Å². The molecule has 1 fully saturated rings. The minimum atomic E-state index is 0.386. The summed E-state index contributed by atoms with van der Waals surface area (Å²) in [6.07, 6.45) is 2.23. The van der Waals surface area contributed by atoms with E-state index in [1.54, 1.807) is 0 Å². The minimum absolute atomic E-state index is 0.386. The van der Waals surface area contributed by atoms with Crippen molar-refractivity contribution in [2.24, 2.45) is 5.41 Å². The minimum Gasteiger partial charge on any atom is -0.498 e. The van der Waals surface area contributed by atoms with Crippen molar-refractivity contribution in [3.05, 3.63) is 12.3 Å². The predicted octanol–water partition coefficient (Wildman–Crippen LogP) is 2.34. The summed E-state index contributed by atoms with van der Waals surface area (Å²) in [4.78, 5) is 0. The molecule has 0 bridgehead atoms. The first-order chi connectivity index (χ1) is 4.16. The van der Waals surface area contributed by atoms with Crippen molar-refractivity contribution >= 4 is 0 Å². The van der Waals surface area contributed by atoms with Crippen LogP contribution in [0.5, 0.6) is 0 Å². The van der Waals surface area contributed by atoms with Gasteiger partial charge in [-0.2, -0.15) is 0 Å². The lowest BCUT2D eigenvalue weighted by atomic mass is 9.87. The van der Waals surface area contributed by atoms with Crippen LogP contribution >= 0.6 is 0 Å². The number of hydrogen-bond donors (Lipinski definition) is 0. The highest BCUT2D eigenvalue weighted by atomic mass is 16.5. The summed E-state index contributed by atoms with van der Waals surface area (Å²) in [6.45, 7) is 9.08. The molecule has 1 heterocycles. The van der Waals surface area contributed by atoms with Crippen LogP contribution in [0.25, 0.3) is 0 Å². The molecule has 0 aromatic rings. The van der Waals surface area contributed by atoms with Gasteiger partial charge >= 0.3 is 0 Å². The van der Waals surface area contributed by atoms with Crippen LogP contribution in [-0.2, 0) is 4.74 Å². The molecule has 0 saturated carbocycles. The molecule has 0 aromatic carbocycles. The van der Waals surface area contributed by atoms with Gasteiger partial charge in [0.15, 0.2) is 0 Å². The largest absolute Gasteiger partial charge is 0.498 e. The summed E-state index contributed by atoms with van der Waals surface area (Å²) in [5.74, 6) is 0.958. The van der Waals surface area contributed by atoms with Crippen molar-refractivity contribution < 1.29 is 4.74 Å². The smallest absolute Gasteiger partial charge is 0.0934 e. The van der Waals surface area contributed by atoms with Gasteiger partial charge < -0.3 is 4.74 Å². The Morgan fingerprint density at radius 1 is 1.78 bits per heavy atom. The highest BCUT2D eigenvalue weighted by Crippen LogP contribution is 2.36. The number of rotatable bonds is 1.